The summed E-state index contributed by atoms with van der Waals surface area (Å²) >= 11 is 3.05. The second-order valence-electron chi connectivity index (χ2n) is 3.10. The van der Waals surface area contributed by atoms with Gasteiger partial charge in [0.05, 0.1) is 15.7 Å². The van der Waals surface area contributed by atoms with Crippen LogP contribution in [0, 0.1) is 17.1 Å². The van der Waals surface area contributed by atoms with Crippen LogP contribution in [0.2, 0.25) is 0 Å². The van der Waals surface area contributed by atoms with Crippen LogP contribution in [-0.2, 0) is 0 Å². The molecule has 3 nitrogen and oxygen atoms in total. The molecule has 0 fully saturated rings. The van der Waals surface area contributed by atoms with E-state index in [1.165, 1.54) is 6.07 Å². The summed E-state index contributed by atoms with van der Waals surface area (Å²) in [7, 11) is 0. The highest BCUT2D eigenvalue weighted by Crippen LogP contribution is 2.26. The summed E-state index contributed by atoms with van der Waals surface area (Å²) in [5.74, 6) is -0.479. The standard InChI is InChI=1S/C11H7BrFN3/c12-10-8(7-14)3-4-9(11(10)13)15-16-5-1-2-6-16/h1-6,15H. The van der Waals surface area contributed by atoms with Crippen LogP contribution >= 0.6 is 15.9 Å². The predicted molar refractivity (Wildman–Crippen MR) is 62.3 cm³/mol. The third-order valence-electron chi connectivity index (χ3n) is 2.06. The molecule has 1 aromatic carbocycles. The van der Waals surface area contributed by atoms with Crippen molar-refractivity contribution < 1.29 is 4.39 Å². The van der Waals surface area contributed by atoms with E-state index < -0.39 is 5.82 Å². The lowest BCUT2D eigenvalue weighted by atomic mass is 10.2. The fourth-order valence-electron chi connectivity index (χ4n) is 1.27. The molecule has 0 saturated heterocycles. The van der Waals surface area contributed by atoms with Crippen molar-refractivity contribution in [3.63, 3.8) is 0 Å². The number of halogens is 2. The van der Waals surface area contributed by atoms with Gasteiger partial charge in [-0.15, -0.1) is 0 Å². The number of anilines is 1. The number of nitrogens with one attached hydrogen (secondary N) is 1. The molecule has 1 heterocycles. The van der Waals surface area contributed by atoms with Crippen molar-refractivity contribution in [3.8, 4) is 6.07 Å². The lowest BCUT2D eigenvalue weighted by molar-refractivity contribution is 0.621. The van der Waals surface area contributed by atoms with Gasteiger partial charge in [-0.05, 0) is 40.2 Å². The average molecular weight is 280 g/mol. The first-order chi connectivity index (χ1) is 7.72. The Labute approximate surface area is 100 Å². The summed E-state index contributed by atoms with van der Waals surface area (Å²) in [5.41, 5.74) is 3.43. The molecule has 5 heteroatoms. The smallest absolute Gasteiger partial charge is 0.163 e. The van der Waals surface area contributed by atoms with Crippen molar-refractivity contribution in [1.82, 2.24) is 4.68 Å². The van der Waals surface area contributed by atoms with Gasteiger partial charge in [-0.25, -0.2) is 4.39 Å². The largest absolute Gasteiger partial charge is 0.292 e. The summed E-state index contributed by atoms with van der Waals surface area (Å²) in [6, 6.07) is 8.63. The molecule has 80 valence electrons. The van der Waals surface area contributed by atoms with Gasteiger partial charge < -0.3 is 0 Å². The van der Waals surface area contributed by atoms with E-state index in [0.29, 0.717) is 5.69 Å². The molecule has 0 aliphatic heterocycles. The van der Waals surface area contributed by atoms with Crippen molar-refractivity contribution in [2.45, 2.75) is 0 Å². The lowest BCUT2D eigenvalue weighted by Crippen LogP contribution is -2.07. The van der Waals surface area contributed by atoms with Crippen LogP contribution in [0.25, 0.3) is 0 Å². The first-order valence-corrected chi connectivity index (χ1v) is 5.30. The Morgan fingerprint density at radius 3 is 2.62 bits per heavy atom. The SMILES string of the molecule is N#Cc1ccc(Nn2cccc2)c(F)c1Br. The molecule has 0 saturated carbocycles. The van der Waals surface area contributed by atoms with E-state index in [2.05, 4.69) is 21.4 Å². The molecular formula is C11H7BrFN3. The lowest BCUT2D eigenvalue weighted by Gasteiger charge is -2.09. The fraction of sp³-hybridized carbons (Fsp3) is 0. The second kappa shape index (κ2) is 4.37. The number of benzene rings is 1. The number of hydrogen-bond donors (Lipinski definition) is 1. The molecule has 0 radical (unpaired) electrons. The quantitative estimate of drug-likeness (QED) is 0.918. The van der Waals surface area contributed by atoms with E-state index in [1.807, 2.05) is 18.2 Å². The Balaban J connectivity index is 2.37. The third-order valence-corrected chi connectivity index (χ3v) is 2.83. The Kier molecular flexibility index (Phi) is 2.93. The van der Waals surface area contributed by atoms with Gasteiger partial charge in [-0.2, -0.15) is 5.26 Å². The van der Waals surface area contributed by atoms with Crippen LogP contribution in [0.4, 0.5) is 10.1 Å². The third kappa shape index (κ3) is 1.92. The van der Waals surface area contributed by atoms with Gasteiger partial charge in [0.1, 0.15) is 6.07 Å². The van der Waals surface area contributed by atoms with Crippen molar-refractivity contribution in [2.24, 2.45) is 0 Å². The number of nitriles is 1. The maximum atomic E-state index is 13.8. The summed E-state index contributed by atoms with van der Waals surface area (Å²) in [6.45, 7) is 0. The van der Waals surface area contributed by atoms with Crippen LogP contribution in [0.1, 0.15) is 5.56 Å². The van der Waals surface area contributed by atoms with Gasteiger partial charge in [0, 0.05) is 12.4 Å². The molecule has 1 N–H and O–H groups in total. The number of hydrogen-bond acceptors (Lipinski definition) is 2. The number of nitrogens with zero attached hydrogens (tertiary/aromatic N) is 2. The highest BCUT2D eigenvalue weighted by Gasteiger charge is 2.10. The summed E-state index contributed by atoms with van der Waals surface area (Å²) in [6.07, 6.45) is 3.51. The molecule has 0 amide bonds. The monoisotopic (exact) mass is 279 g/mol. The molecular weight excluding hydrogens is 273 g/mol. The summed E-state index contributed by atoms with van der Waals surface area (Å²) in [4.78, 5) is 0. The molecule has 0 unspecified atom stereocenters. The van der Waals surface area contributed by atoms with Crippen LogP contribution < -0.4 is 5.43 Å². The fourth-order valence-corrected chi connectivity index (χ4v) is 1.70. The maximum absolute atomic E-state index is 13.8. The van der Waals surface area contributed by atoms with Gasteiger partial charge >= 0.3 is 0 Å². The topological polar surface area (TPSA) is 40.8 Å². The zero-order valence-electron chi connectivity index (χ0n) is 8.11. The summed E-state index contributed by atoms with van der Waals surface area (Å²) in [5, 5.41) is 8.72. The molecule has 16 heavy (non-hydrogen) atoms. The van der Waals surface area contributed by atoms with E-state index in [-0.39, 0.29) is 10.0 Å². The minimum Gasteiger partial charge on any atom is -0.292 e. The van der Waals surface area contributed by atoms with Gasteiger partial charge in [0.15, 0.2) is 5.82 Å². The molecule has 1 aromatic heterocycles. The highest BCUT2D eigenvalue weighted by molar-refractivity contribution is 9.10. The van der Waals surface area contributed by atoms with Crippen molar-refractivity contribution in [3.05, 3.63) is 52.5 Å². The maximum Gasteiger partial charge on any atom is 0.163 e. The molecule has 0 aliphatic carbocycles. The zero-order valence-corrected chi connectivity index (χ0v) is 9.70. The Bertz CT molecular complexity index is 543. The summed E-state index contributed by atoms with van der Waals surface area (Å²) < 4.78 is 15.6. The minimum atomic E-state index is -0.479. The van der Waals surface area contributed by atoms with Crippen molar-refractivity contribution >= 4 is 21.6 Å². The van der Waals surface area contributed by atoms with Crippen LogP contribution in [0.3, 0.4) is 0 Å². The number of rotatable bonds is 2. The zero-order chi connectivity index (χ0) is 11.5. The van der Waals surface area contributed by atoms with Crippen LogP contribution in [0.15, 0.2) is 41.1 Å². The van der Waals surface area contributed by atoms with E-state index >= 15 is 0 Å². The van der Waals surface area contributed by atoms with Gasteiger partial charge in [-0.3, -0.25) is 10.1 Å². The second-order valence-corrected chi connectivity index (χ2v) is 3.90. The molecule has 2 rings (SSSR count). The van der Waals surface area contributed by atoms with E-state index in [9.17, 15) is 4.39 Å². The van der Waals surface area contributed by atoms with Crippen LogP contribution in [-0.4, -0.2) is 4.68 Å². The molecule has 0 aliphatic rings. The van der Waals surface area contributed by atoms with E-state index in [4.69, 9.17) is 5.26 Å². The van der Waals surface area contributed by atoms with Gasteiger partial charge in [-0.1, -0.05) is 0 Å². The number of aromatic nitrogens is 1. The first kappa shape index (κ1) is 10.7. The Morgan fingerprint density at radius 1 is 1.31 bits per heavy atom. The molecule has 0 atom stereocenters. The first-order valence-electron chi connectivity index (χ1n) is 4.50. The minimum absolute atomic E-state index is 0.173. The molecule has 2 aromatic rings. The normalized spacial score (nSPS) is 9.81. The van der Waals surface area contributed by atoms with Crippen molar-refractivity contribution in [1.29, 1.82) is 5.26 Å². The van der Waals surface area contributed by atoms with Gasteiger partial charge in [0.2, 0.25) is 0 Å². The highest BCUT2D eigenvalue weighted by atomic mass is 79.9. The Hall–Kier alpha value is -1.80. The van der Waals surface area contributed by atoms with E-state index in [1.54, 1.807) is 23.1 Å². The molecule has 0 bridgehead atoms. The average Bonchev–Trinajstić information content (AvgIpc) is 2.78. The Morgan fingerprint density at radius 2 is 2.00 bits per heavy atom. The molecule has 0 spiro atoms. The van der Waals surface area contributed by atoms with Crippen LogP contribution in [0.5, 0.6) is 0 Å². The van der Waals surface area contributed by atoms with Gasteiger partial charge in [0.25, 0.3) is 0 Å². The van der Waals surface area contributed by atoms with Crippen molar-refractivity contribution in [2.75, 3.05) is 5.43 Å². The van der Waals surface area contributed by atoms with E-state index in [0.717, 1.165) is 0 Å². The predicted octanol–water partition coefficient (Wildman–Crippen LogP) is 3.14.